The second-order valence-electron chi connectivity index (χ2n) is 8.37. The first-order chi connectivity index (χ1) is 14.6. The van der Waals surface area contributed by atoms with Crippen molar-refractivity contribution < 1.29 is 9.72 Å². The Bertz CT molecular complexity index is 946. The van der Waals surface area contributed by atoms with Crippen LogP contribution >= 0.6 is 11.3 Å². The fourth-order valence-corrected chi connectivity index (χ4v) is 5.82. The number of carbonyl (C=O) groups excluding carboxylic acids is 1. The molecule has 3 N–H and O–H groups in total. The van der Waals surface area contributed by atoms with Crippen LogP contribution in [0.3, 0.4) is 0 Å². The highest BCUT2D eigenvalue weighted by Gasteiger charge is 2.46. The molecular weight excluding hydrogens is 402 g/mol. The van der Waals surface area contributed by atoms with Gasteiger partial charge in [-0.25, -0.2) is 5.43 Å². The second-order valence-corrected chi connectivity index (χ2v) is 9.37. The van der Waals surface area contributed by atoms with Crippen molar-refractivity contribution in [3.63, 3.8) is 0 Å². The van der Waals surface area contributed by atoms with Crippen molar-refractivity contribution in [1.29, 1.82) is 0 Å². The minimum absolute atomic E-state index is 0.0680. The SMILES string of the molecule is O=C(Nc1ccc(N2CCc3sccc3C2)cc1)C1NNC2CCC([N+](=O)[O-])CC21. The predicted molar refractivity (Wildman–Crippen MR) is 116 cm³/mol. The molecule has 4 unspecified atom stereocenters. The number of hydrazine groups is 1. The van der Waals surface area contributed by atoms with Crippen LogP contribution in [0.15, 0.2) is 35.7 Å². The zero-order chi connectivity index (χ0) is 20.7. The lowest BCUT2D eigenvalue weighted by Crippen LogP contribution is -2.44. The summed E-state index contributed by atoms with van der Waals surface area (Å²) in [5, 5.41) is 16.3. The van der Waals surface area contributed by atoms with Gasteiger partial charge in [-0.3, -0.25) is 20.3 Å². The molecule has 1 amide bonds. The highest BCUT2D eigenvalue weighted by atomic mass is 32.1. The fourth-order valence-electron chi connectivity index (χ4n) is 4.93. The molecule has 5 rings (SSSR count). The van der Waals surface area contributed by atoms with Gasteiger partial charge in [0.05, 0.1) is 0 Å². The number of amides is 1. The van der Waals surface area contributed by atoms with Gasteiger partial charge < -0.3 is 10.2 Å². The third kappa shape index (κ3) is 3.68. The van der Waals surface area contributed by atoms with Crippen molar-refractivity contribution in [2.75, 3.05) is 16.8 Å². The van der Waals surface area contributed by atoms with Crippen LogP contribution in [0.1, 0.15) is 29.7 Å². The lowest BCUT2D eigenvalue weighted by Gasteiger charge is -2.29. The molecule has 3 heterocycles. The Labute approximate surface area is 178 Å². The van der Waals surface area contributed by atoms with E-state index in [9.17, 15) is 14.9 Å². The normalized spacial score (nSPS) is 27.9. The molecule has 2 aliphatic heterocycles. The van der Waals surface area contributed by atoms with E-state index in [1.807, 2.05) is 35.6 Å². The molecule has 3 aliphatic rings. The Hall–Kier alpha value is -2.49. The fraction of sp³-hybridized carbons (Fsp3) is 0.476. The zero-order valence-corrected chi connectivity index (χ0v) is 17.4. The monoisotopic (exact) mass is 427 g/mol. The van der Waals surface area contributed by atoms with Gasteiger partial charge in [-0.1, -0.05) is 0 Å². The number of anilines is 2. The topological polar surface area (TPSA) is 99.5 Å². The number of thiophene rings is 1. The van der Waals surface area contributed by atoms with Gasteiger partial charge in [0.1, 0.15) is 6.04 Å². The van der Waals surface area contributed by atoms with Crippen molar-refractivity contribution in [3.8, 4) is 0 Å². The minimum atomic E-state index is -0.559. The molecular formula is C21H25N5O3S. The van der Waals surface area contributed by atoms with E-state index in [4.69, 9.17) is 0 Å². The van der Waals surface area contributed by atoms with Crippen LogP contribution in [0.25, 0.3) is 0 Å². The predicted octanol–water partition coefficient (Wildman–Crippen LogP) is 2.54. The van der Waals surface area contributed by atoms with E-state index >= 15 is 0 Å². The lowest BCUT2D eigenvalue weighted by molar-refractivity contribution is -0.528. The highest BCUT2D eigenvalue weighted by Crippen LogP contribution is 2.32. The van der Waals surface area contributed by atoms with Gasteiger partial charge in [-0.2, -0.15) is 0 Å². The summed E-state index contributed by atoms with van der Waals surface area (Å²) in [7, 11) is 0. The summed E-state index contributed by atoms with van der Waals surface area (Å²) in [6.07, 6.45) is 2.76. The number of fused-ring (bicyclic) bond motifs is 2. The molecule has 0 radical (unpaired) electrons. The van der Waals surface area contributed by atoms with Gasteiger partial charge in [0, 0.05) is 59.1 Å². The maximum absolute atomic E-state index is 12.8. The average Bonchev–Trinajstić information content (AvgIpc) is 3.40. The van der Waals surface area contributed by atoms with E-state index in [1.54, 1.807) is 0 Å². The van der Waals surface area contributed by atoms with Gasteiger partial charge in [0.25, 0.3) is 0 Å². The highest BCUT2D eigenvalue weighted by molar-refractivity contribution is 7.10. The Morgan fingerprint density at radius 1 is 1.20 bits per heavy atom. The molecule has 1 saturated carbocycles. The molecule has 0 spiro atoms. The van der Waals surface area contributed by atoms with Crippen LogP contribution in [0, 0.1) is 16.0 Å². The third-order valence-corrected chi connectivity index (χ3v) is 7.64. The van der Waals surface area contributed by atoms with E-state index in [0.717, 1.165) is 30.9 Å². The van der Waals surface area contributed by atoms with E-state index < -0.39 is 12.1 Å². The van der Waals surface area contributed by atoms with Crippen LogP contribution < -0.4 is 21.1 Å². The first-order valence-corrected chi connectivity index (χ1v) is 11.3. The summed E-state index contributed by atoms with van der Waals surface area (Å²) >= 11 is 1.83. The van der Waals surface area contributed by atoms with Crippen LogP contribution in [0.2, 0.25) is 0 Å². The molecule has 1 aliphatic carbocycles. The maximum Gasteiger partial charge on any atom is 0.243 e. The van der Waals surface area contributed by atoms with Gasteiger partial charge in [0.15, 0.2) is 0 Å². The zero-order valence-electron chi connectivity index (χ0n) is 16.5. The van der Waals surface area contributed by atoms with Gasteiger partial charge in [-0.05, 0) is 54.1 Å². The minimum Gasteiger partial charge on any atom is -0.367 e. The number of rotatable bonds is 4. The summed E-state index contributed by atoms with van der Waals surface area (Å²) in [5.74, 6) is -0.214. The van der Waals surface area contributed by atoms with Crippen LogP contribution in [-0.4, -0.2) is 35.5 Å². The smallest absolute Gasteiger partial charge is 0.243 e. The van der Waals surface area contributed by atoms with E-state index in [1.165, 1.54) is 10.4 Å². The number of nitro groups is 1. The van der Waals surface area contributed by atoms with Crippen LogP contribution in [0.5, 0.6) is 0 Å². The number of carbonyl (C=O) groups is 1. The molecule has 0 bridgehead atoms. The quantitative estimate of drug-likeness (QED) is 0.512. The Balaban J connectivity index is 1.22. The van der Waals surface area contributed by atoms with E-state index in [-0.39, 0.29) is 22.8 Å². The van der Waals surface area contributed by atoms with Gasteiger partial charge in [-0.15, -0.1) is 11.3 Å². The number of nitrogens with one attached hydrogen (secondary N) is 3. The Morgan fingerprint density at radius 2 is 2.03 bits per heavy atom. The van der Waals surface area contributed by atoms with Gasteiger partial charge in [0.2, 0.25) is 11.9 Å². The third-order valence-electron chi connectivity index (χ3n) is 6.61. The van der Waals surface area contributed by atoms with Gasteiger partial charge >= 0.3 is 0 Å². The lowest BCUT2D eigenvalue weighted by atomic mass is 9.79. The van der Waals surface area contributed by atoms with Crippen molar-refractivity contribution in [1.82, 2.24) is 10.9 Å². The van der Waals surface area contributed by atoms with Crippen molar-refractivity contribution in [3.05, 3.63) is 56.3 Å². The molecule has 8 nitrogen and oxygen atoms in total. The number of nitrogens with zero attached hydrogens (tertiary/aromatic N) is 2. The van der Waals surface area contributed by atoms with E-state index in [2.05, 4.69) is 32.5 Å². The first-order valence-electron chi connectivity index (χ1n) is 10.4. The summed E-state index contributed by atoms with van der Waals surface area (Å²) in [4.78, 5) is 27.7. The summed E-state index contributed by atoms with van der Waals surface area (Å²) in [5.41, 5.74) is 9.50. The summed E-state index contributed by atoms with van der Waals surface area (Å²) in [6.45, 7) is 1.92. The molecule has 9 heteroatoms. The molecule has 30 heavy (non-hydrogen) atoms. The van der Waals surface area contributed by atoms with Crippen molar-refractivity contribution in [2.24, 2.45) is 5.92 Å². The standard InChI is InChI=1S/C21H25N5O3S/c27-21(20-17-11-16(26(28)29)5-6-18(17)23-24-20)22-14-1-3-15(4-2-14)25-9-7-19-13(12-25)8-10-30-19/h1-4,8,10,16-18,20,23-24H,5-7,9,11-12H2,(H,22,27). The largest absolute Gasteiger partial charge is 0.367 e. The Kier molecular flexibility index (Phi) is 5.18. The molecule has 158 valence electrons. The number of hydrogen-bond donors (Lipinski definition) is 3. The summed E-state index contributed by atoms with van der Waals surface area (Å²) in [6, 6.07) is 9.23. The van der Waals surface area contributed by atoms with Crippen LogP contribution in [-0.2, 0) is 17.8 Å². The number of benzene rings is 1. The van der Waals surface area contributed by atoms with Crippen molar-refractivity contribution >= 4 is 28.6 Å². The molecule has 1 aromatic carbocycles. The van der Waals surface area contributed by atoms with E-state index in [0.29, 0.717) is 19.3 Å². The number of hydrogen-bond acceptors (Lipinski definition) is 7. The summed E-state index contributed by atoms with van der Waals surface area (Å²) < 4.78 is 0. The Morgan fingerprint density at radius 3 is 2.83 bits per heavy atom. The average molecular weight is 428 g/mol. The molecule has 4 atom stereocenters. The molecule has 1 aromatic heterocycles. The molecule has 2 fully saturated rings. The molecule has 2 aromatic rings. The second kappa shape index (κ2) is 7.98. The maximum atomic E-state index is 12.8. The van der Waals surface area contributed by atoms with Crippen LogP contribution in [0.4, 0.5) is 11.4 Å². The van der Waals surface area contributed by atoms with Crippen molar-refractivity contribution in [2.45, 2.75) is 50.4 Å². The molecule has 1 saturated heterocycles. The first kappa shape index (κ1) is 19.5.